The first-order valence-electron chi connectivity index (χ1n) is 5.22. The minimum atomic E-state index is -0.957. The standard InChI is InChI=1S/C10H16N4O3/c1-3-4-17-10-8(11)9(12-6-13-10)14(2)5-7(15)16/h6H,3-5,11H2,1-2H3,(H,15,16). The Balaban J connectivity index is 2.89. The van der Waals surface area contributed by atoms with E-state index in [4.69, 9.17) is 15.6 Å². The van der Waals surface area contributed by atoms with Crippen LogP contribution in [0.3, 0.4) is 0 Å². The summed E-state index contributed by atoms with van der Waals surface area (Å²) in [6.07, 6.45) is 2.14. The van der Waals surface area contributed by atoms with Crippen molar-refractivity contribution in [3.8, 4) is 5.88 Å². The number of anilines is 2. The molecule has 7 nitrogen and oxygen atoms in total. The van der Waals surface area contributed by atoms with Gasteiger partial charge in [0.2, 0.25) is 5.88 Å². The number of carboxylic acid groups (broad SMARTS) is 1. The van der Waals surface area contributed by atoms with Gasteiger partial charge in [0.1, 0.15) is 18.6 Å². The summed E-state index contributed by atoms with van der Waals surface area (Å²) < 4.78 is 5.33. The van der Waals surface area contributed by atoms with Crippen molar-refractivity contribution >= 4 is 17.5 Å². The molecule has 3 N–H and O–H groups in total. The number of nitrogens with two attached hydrogens (primary N) is 1. The average Bonchev–Trinajstić information content (AvgIpc) is 2.26. The molecule has 0 aliphatic carbocycles. The second-order valence-corrected chi connectivity index (χ2v) is 3.51. The molecule has 7 heteroatoms. The average molecular weight is 240 g/mol. The third-order valence-corrected chi connectivity index (χ3v) is 2.00. The lowest BCUT2D eigenvalue weighted by Gasteiger charge is -2.18. The van der Waals surface area contributed by atoms with E-state index in [1.165, 1.54) is 11.2 Å². The van der Waals surface area contributed by atoms with Crippen molar-refractivity contribution in [2.75, 3.05) is 30.8 Å². The number of nitrogens with zero attached hydrogens (tertiary/aromatic N) is 3. The number of aromatic nitrogens is 2. The molecule has 0 unspecified atom stereocenters. The predicted octanol–water partition coefficient (Wildman–Crippen LogP) is 0.368. The third kappa shape index (κ3) is 3.47. The summed E-state index contributed by atoms with van der Waals surface area (Å²) in [7, 11) is 1.59. The van der Waals surface area contributed by atoms with Crippen LogP contribution in [0.2, 0.25) is 0 Å². The molecule has 0 fully saturated rings. The molecule has 17 heavy (non-hydrogen) atoms. The molecule has 0 atom stereocenters. The Bertz CT molecular complexity index is 397. The lowest BCUT2D eigenvalue weighted by Crippen LogP contribution is -2.27. The molecule has 0 spiro atoms. The van der Waals surface area contributed by atoms with Crippen molar-refractivity contribution in [3.05, 3.63) is 6.33 Å². The number of hydrogen-bond donors (Lipinski definition) is 2. The van der Waals surface area contributed by atoms with Gasteiger partial charge in [0.25, 0.3) is 0 Å². The zero-order valence-corrected chi connectivity index (χ0v) is 9.88. The lowest BCUT2D eigenvalue weighted by atomic mass is 10.4. The van der Waals surface area contributed by atoms with Crippen LogP contribution in [0.15, 0.2) is 6.33 Å². The van der Waals surface area contributed by atoms with Crippen LogP contribution in [0, 0.1) is 0 Å². The van der Waals surface area contributed by atoms with Gasteiger partial charge in [-0.25, -0.2) is 4.98 Å². The van der Waals surface area contributed by atoms with Gasteiger partial charge < -0.3 is 20.5 Å². The van der Waals surface area contributed by atoms with Crippen LogP contribution in [0.1, 0.15) is 13.3 Å². The summed E-state index contributed by atoms with van der Waals surface area (Å²) >= 11 is 0. The van der Waals surface area contributed by atoms with Gasteiger partial charge in [-0.3, -0.25) is 4.79 Å². The second kappa shape index (κ2) is 5.88. The van der Waals surface area contributed by atoms with Crippen molar-refractivity contribution in [2.45, 2.75) is 13.3 Å². The molecule has 0 radical (unpaired) electrons. The van der Waals surface area contributed by atoms with Crippen molar-refractivity contribution in [1.29, 1.82) is 0 Å². The highest BCUT2D eigenvalue weighted by atomic mass is 16.5. The fourth-order valence-corrected chi connectivity index (χ4v) is 1.27. The first-order valence-corrected chi connectivity index (χ1v) is 5.22. The molecule has 0 bridgehead atoms. The molecule has 94 valence electrons. The maximum absolute atomic E-state index is 10.6. The number of hydrogen-bond acceptors (Lipinski definition) is 6. The van der Waals surface area contributed by atoms with Gasteiger partial charge in [-0.05, 0) is 6.42 Å². The minimum absolute atomic E-state index is 0.186. The Morgan fingerprint density at radius 1 is 1.59 bits per heavy atom. The number of aliphatic carboxylic acids is 1. The van der Waals surface area contributed by atoms with Crippen molar-refractivity contribution in [3.63, 3.8) is 0 Å². The molecule has 0 amide bonds. The van der Waals surface area contributed by atoms with Gasteiger partial charge in [-0.15, -0.1) is 0 Å². The molecule has 1 rings (SSSR count). The summed E-state index contributed by atoms with van der Waals surface area (Å²) in [5.41, 5.74) is 6.07. The van der Waals surface area contributed by atoms with Crippen LogP contribution >= 0.6 is 0 Å². The predicted molar refractivity (Wildman–Crippen MR) is 63.1 cm³/mol. The molecule has 1 aromatic heterocycles. The maximum Gasteiger partial charge on any atom is 0.323 e. The topological polar surface area (TPSA) is 102 Å². The molecule has 1 aromatic rings. The van der Waals surface area contributed by atoms with E-state index in [1.54, 1.807) is 7.05 Å². The van der Waals surface area contributed by atoms with Gasteiger partial charge in [0.15, 0.2) is 5.82 Å². The first kappa shape index (κ1) is 13.0. The highest BCUT2D eigenvalue weighted by molar-refractivity contribution is 5.76. The van der Waals surface area contributed by atoms with Crippen LogP contribution in [0.25, 0.3) is 0 Å². The summed E-state index contributed by atoms with van der Waals surface area (Å²) in [6, 6.07) is 0. The van der Waals surface area contributed by atoms with Crippen molar-refractivity contribution < 1.29 is 14.6 Å². The monoisotopic (exact) mass is 240 g/mol. The fraction of sp³-hybridized carbons (Fsp3) is 0.500. The summed E-state index contributed by atoms with van der Waals surface area (Å²) in [4.78, 5) is 19.9. The maximum atomic E-state index is 10.6. The second-order valence-electron chi connectivity index (χ2n) is 3.51. The van der Waals surface area contributed by atoms with E-state index in [1.807, 2.05) is 6.92 Å². The molecule has 1 heterocycles. The van der Waals surface area contributed by atoms with Gasteiger partial charge in [0, 0.05) is 7.05 Å². The normalized spacial score (nSPS) is 10.0. The van der Waals surface area contributed by atoms with E-state index in [9.17, 15) is 4.79 Å². The third-order valence-electron chi connectivity index (χ3n) is 2.00. The minimum Gasteiger partial charge on any atom is -0.480 e. The Labute approximate surface area is 99.2 Å². The van der Waals surface area contributed by atoms with Crippen LogP contribution in [-0.4, -0.2) is 41.2 Å². The van der Waals surface area contributed by atoms with Gasteiger partial charge in [-0.1, -0.05) is 6.92 Å². The number of carbonyl (C=O) groups is 1. The molecule has 0 aliphatic heterocycles. The van der Waals surface area contributed by atoms with E-state index in [2.05, 4.69) is 9.97 Å². The molecule has 0 aliphatic rings. The van der Waals surface area contributed by atoms with Crippen LogP contribution in [0.5, 0.6) is 5.88 Å². The van der Waals surface area contributed by atoms with Gasteiger partial charge in [0.05, 0.1) is 6.61 Å². The van der Waals surface area contributed by atoms with Crippen LogP contribution < -0.4 is 15.4 Å². The van der Waals surface area contributed by atoms with Crippen LogP contribution in [-0.2, 0) is 4.79 Å². The Kier molecular flexibility index (Phi) is 4.50. The van der Waals surface area contributed by atoms with E-state index in [0.29, 0.717) is 12.4 Å². The number of likely N-dealkylation sites (N-methyl/N-ethyl adjacent to an activating group) is 1. The fourth-order valence-electron chi connectivity index (χ4n) is 1.27. The highest BCUT2D eigenvalue weighted by Gasteiger charge is 2.14. The first-order chi connectivity index (χ1) is 8.06. The number of ether oxygens (including phenoxy) is 1. The Morgan fingerprint density at radius 3 is 2.88 bits per heavy atom. The van der Waals surface area contributed by atoms with Crippen LogP contribution in [0.4, 0.5) is 11.5 Å². The smallest absolute Gasteiger partial charge is 0.323 e. The Morgan fingerprint density at radius 2 is 2.29 bits per heavy atom. The summed E-state index contributed by atoms with van der Waals surface area (Å²) in [5.74, 6) is -0.316. The van der Waals surface area contributed by atoms with E-state index >= 15 is 0 Å². The van der Waals surface area contributed by atoms with E-state index in [0.717, 1.165) is 6.42 Å². The van der Waals surface area contributed by atoms with Crippen molar-refractivity contribution in [1.82, 2.24) is 9.97 Å². The number of rotatable bonds is 6. The largest absolute Gasteiger partial charge is 0.480 e. The lowest BCUT2D eigenvalue weighted by molar-refractivity contribution is -0.135. The molecule has 0 saturated carbocycles. The SMILES string of the molecule is CCCOc1ncnc(N(C)CC(=O)O)c1N. The van der Waals surface area contributed by atoms with Gasteiger partial charge in [-0.2, -0.15) is 4.98 Å². The number of nitrogen functional groups attached to an aromatic ring is 1. The zero-order chi connectivity index (χ0) is 12.8. The molecular weight excluding hydrogens is 224 g/mol. The zero-order valence-electron chi connectivity index (χ0n) is 9.88. The molecular formula is C10H16N4O3. The Hall–Kier alpha value is -2.05. The summed E-state index contributed by atoms with van der Waals surface area (Å²) in [6.45, 7) is 2.28. The van der Waals surface area contributed by atoms with E-state index in [-0.39, 0.29) is 18.1 Å². The molecule has 0 saturated heterocycles. The van der Waals surface area contributed by atoms with E-state index < -0.39 is 5.97 Å². The quantitative estimate of drug-likeness (QED) is 0.740. The molecule has 0 aromatic carbocycles. The highest BCUT2D eigenvalue weighted by Crippen LogP contribution is 2.26. The summed E-state index contributed by atoms with van der Waals surface area (Å²) in [5, 5.41) is 8.69. The number of carboxylic acids is 1. The van der Waals surface area contributed by atoms with Crippen molar-refractivity contribution in [2.24, 2.45) is 0 Å². The van der Waals surface area contributed by atoms with Gasteiger partial charge >= 0.3 is 5.97 Å².